The zero-order chi connectivity index (χ0) is 28.1. The molecule has 6 aliphatic rings. The van der Waals surface area contributed by atoms with E-state index in [0.29, 0.717) is 12.8 Å². The summed E-state index contributed by atoms with van der Waals surface area (Å²) in [5, 5.41) is 51.3. The van der Waals surface area contributed by atoms with Gasteiger partial charge < -0.3 is 43.9 Å². The first-order valence-electron chi connectivity index (χ1n) is 13.5. The van der Waals surface area contributed by atoms with Crippen molar-refractivity contribution >= 4 is 5.97 Å². The number of aryl methyl sites for hydroxylation is 1. The van der Waals surface area contributed by atoms with E-state index < -0.39 is 68.7 Å². The van der Waals surface area contributed by atoms with Crippen molar-refractivity contribution in [2.75, 3.05) is 14.2 Å². The van der Waals surface area contributed by atoms with Gasteiger partial charge in [0, 0.05) is 39.3 Å². The topological polar surface area (TPSA) is 140 Å². The molecule has 7 rings (SSSR count). The molecule has 0 radical (unpaired) electrons. The molecular formula is C28H41NO9. The summed E-state index contributed by atoms with van der Waals surface area (Å²) < 4.78 is 27.0. The van der Waals surface area contributed by atoms with Crippen LogP contribution in [0.25, 0.3) is 0 Å². The van der Waals surface area contributed by atoms with Crippen molar-refractivity contribution in [2.45, 2.75) is 99.9 Å². The number of carbonyl (C=O) groups is 1. The molecule has 2 aliphatic heterocycles. The van der Waals surface area contributed by atoms with Gasteiger partial charge >= 0.3 is 5.97 Å². The number of aliphatic hydroxyl groups excluding tert-OH is 1. The highest BCUT2D eigenvalue weighted by molar-refractivity contribution is 5.88. The van der Waals surface area contributed by atoms with Gasteiger partial charge in [-0.05, 0) is 43.7 Å². The van der Waals surface area contributed by atoms with Crippen molar-refractivity contribution in [3.05, 3.63) is 24.0 Å². The average Bonchev–Trinajstić information content (AvgIpc) is 3.41. The summed E-state index contributed by atoms with van der Waals surface area (Å²) in [5.41, 5.74) is -12.8. The number of nitrogens with zero attached hydrogens (tertiary/aromatic N) is 1. The summed E-state index contributed by atoms with van der Waals surface area (Å²) in [5.74, 6) is -3.34. The second-order valence-electron chi connectivity index (χ2n) is 13.2. The monoisotopic (exact) mass is 535 g/mol. The van der Waals surface area contributed by atoms with Gasteiger partial charge in [0.05, 0.1) is 11.5 Å². The molecule has 1 spiro atoms. The lowest BCUT2D eigenvalue weighted by Gasteiger charge is -2.62. The van der Waals surface area contributed by atoms with Gasteiger partial charge in [-0.15, -0.1) is 0 Å². The largest absolute Gasteiger partial charge is 0.451 e. The Balaban J connectivity index is 1.71. The third kappa shape index (κ3) is 1.96. The Labute approximate surface area is 222 Å². The fourth-order valence-electron chi connectivity index (χ4n) is 10.5. The van der Waals surface area contributed by atoms with Crippen molar-refractivity contribution in [2.24, 2.45) is 29.7 Å². The van der Waals surface area contributed by atoms with Crippen LogP contribution in [0.15, 0.2) is 18.3 Å². The molecule has 2 saturated heterocycles. The molecule has 1 aromatic heterocycles. The van der Waals surface area contributed by atoms with Gasteiger partial charge in [0.1, 0.15) is 28.1 Å². The number of rotatable bonds is 5. The Morgan fingerprint density at radius 2 is 1.84 bits per heavy atom. The van der Waals surface area contributed by atoms with Gasteiger partial charge in [-0.3, -0.25) is 0 Å². The van der Waals surface area contributed by atoms with Crippen molar-refractivity contribution in [1.29, 1.82) is 0 Å². The van der Waals surface area contributed by atoms with Gasteiger partial charge in [-0.1, -0.05) is 27.7 Å². The molecule has 4 saturated carbocycles. The second-order valence-corrected chi connectivity index (χ2v) is 13.2. The quantitative estimate of drug-likeness (QED) is 0.409. The molecule has 6 fully saturated rings. The maximum absolute atomic E-state index is 13.6. The highest BCUT2D eigenvalue weighted by Crippen LogP contribution is 2.91. The second kappa shape index (κ2) is 7.02. The Hall–Kier alpha value is -1.53. The highest BCUT2D eigenvalue weighted by Gasteiger charge is 3.10. The number of hydrogen-bond acceptors (Lipinski definition) is 9. The minimum Gasteiger partial charge on any atom is -0.451 e. The molecular weight excluding hydrogens is 494 g/mol. The summed E-state index contributed by atoms with van der Waals surface area (Å²) in [4.78, 5) is 13.6. The van der Waals surface area contributed by atoms with E-state index in [1.165, 1.54) is 14.2 Å². The summed E-state index contributed by atoms with van der Waals surface area (Å²) >= 11 is 0. The fourth-order valence-corrected chi connectivity index (χ4v) is 10.5. The molecule has 11 atom stereocenters. The first kappa shape index (κ1) is 26.7. The predicted octanol–water partition coefficient (Wildman–Crippen LogP) is 1.13. The van der Waals surface area contributed by atoms with E-state index in [2.05, 4.69) is 0 Å². The van der Waals surface area contributed by atoms with Crippen LogP contribution in [0.5, 0.6) is 0 Å². The van der Waals surface area contributed by atoms with Crippen LogP contribution < -0.4 is 0 Å². The van der Waals surface area contributed by atoms with Crippen LogP contribution in [0.1, 0.15) is 64.4 Å². The van der Waals surface area contributed by atoms with Crippen LogP contribution in [0.4, 0.5) is 0 Å². The molecule has 4 N–H and O–H groups in total. The van der Waals surface area contributed by atoms with Crippen LogP contribution in [-0.2, 0) is 26.0 Å². The lowest BCUT2D eigenvalue weighted by Crippen LogP contribution is -2.75. The summed E-state index contributed by atoms with van der Waals surface area (Å²) in [7, 11) is 4.63. The SMILES string of the molecule is COC12CC3(C)C4(OC)CCC(C)C(O)C4(O1)C1(O)C3(O)C(OC(=O)c3cccn3C)C(O)(C(C)C)C21C. The number of esters is 1. The Morgan fingerprint density at radius 1 is 1.18 bits per heavy atom. The van der Waals surface area contributed by atoms with Crippen LogP contribution in [0.2, 0.25) is 0 Å². The molecule has 10 heteroatoms. The third-order valence-corrected chi connectivity index (χ3v) is 12.2. The van der Waals surface area contributed by atoms with Crippen molar-refractivity contribution < 1.29 is 44.2 Å². The molecule has 212 valence electrons. The van der Waals surface area contributed by atoms with E-state index in [0.717, 1.165) is 0 Å². The number of carbonyl (C=O) groups excluding carboxylic acids is 1. The highest BCUT2D eigenvalue weighted by atomic mass is 16.7. The smallest absolute Gasteiger partial charge is 0.355 e. The lowest BCUT2D eigenvalue weighted by atomic mass is 9.52. The zero-order valence-electron chi connectivity index (χ0n) is 23.4. The molecule has 38 heavy (non-hydrogen) atoms. The van der Waals surface area contributed by atoms with Crippen molar-refractivity contribution in [1.82, 2.24) is 4.57 Å². The van der Waals surface area contributed by atoms with E-state index in [1.807, 2.05) is 6.92 Å². The molecule has 6 bridgehead atoms. The normalized spacial score (nSPS) is 56.1. The van der Waals surface area contributed by atoms with Crippen molar-refractivity contribution in [3.8, 4) is 0 Å². The standard InChI is InChI=1S/C28H41NO9/c1-15(2)25(32)20(37-19(31)17-10-9-13-29(17)6)26(33)21(4)14-24(36-8)22(25,5)28(26,34)27(38-24)18(30)16(3)11-12-23(21,27)35-7/h9-10,13,15-16,18,20,30,32-34H,11-12,14H2,1-8H3. The maximum Gasteiger partial charge on any atom is 0.355 e. The van der Waals surface area contributed by atoms with Crippen LogP contribution in [-0.4, -0.2) is 91.2 Å². The van der Waals surface area contributed by atoms with E-state index >= 15 is 0 Å². The molecule has 11 unspecified atom stereocenters. The van der Waals surface area contributed by atoms with Gasteiger partial charge in [-0.25, -0.2) is 4.79 Å². The van der Waals surface area contributed by atoms with Gasteiger partial charge in [0.2, 0.25) is 0 Å². The molecule has 10 nitrogen and oxygen atoms in total. The van der Waals surface area contributed by atoms with E-state index in [4.69, 9.17) is 18.9 Å². The number of methoxy groups -OCH3 is 2. The molecule has 4 aliphatic carbocycles. The molecule has 0 amide bonds. The van der Waals surface area contributed by atoms with E-state index in [1.54, 1.807) is 57.6 Å². The molecule has 1 aromatic rings. The molecule has 0 aromatic carbocycles. The number of hydrogen-bond donors (Lipinski definition) is 4. The fraction of sp³-hybridized carbons (Fsp3) is 0.821. The zero-order valence-corrected chi connectivity index (χ0v) is 23.4. The summed E-state index contributed by atoms with van der Waals surface area (Å²) in [6, 6.07) is 3.29. The Kier molecular flexibility index (Phi) is 4.93. The number of ether oxygens (including phenoxy) is 4. The Morgan fingerprint density at radius 3 is 2.37 bits per heavy atom. The minimum absolute atomic E-state index is 0.0374. The van der Waals surface area contributed by atoms with Gasteiger partial charge in [0.25, 0.3) is 0 Å². The minimum atomic E-state index is -2.34. The van der Waals surface area contributed by atoms with Crippen LogP contribution in [0.3, 0.4) is 0 Å². The van der Waals surface area contributed by atoms with Gasteiger partial charge in [-0.2, -0.15) is 0 Å². The van der Waals surface area contributed by atoms with E-state index in [9.17, 15) is 25.2 Å². The van der Waals surface area contributed by atoms with E-state index in [-0.39, 0.29) is 18.0 Å². The van der Waals surface area contributed by atoms with Crippen LogP contribution >= 0.6 is 0 Å². The van der Waals surface area contributed by atoms with Crippen LogP contribution in [0, 0.1) is 22.7 Å². The number of aromatic nitrogens is 1. The number of aliphatic hydroxyl groups is 4. The third-order valence-electron chi connectivity index (χ3n) is 12.2. The average molecular weight is 536 g/mol. The lowest BCUT2D eigenvalue weighted by molar-refractivity contribution is -0.399. The Bertz CT molecular complexity index is 1220. The van der Waals surface area contributed by atoms with Crippen molar-refractivity contribution in [3.63, 3.8) is 0 Å². The molecule has 3 heterocycles. The van der Waals surface area contributed by atoms with Gasteiger partial charge in [0.15, 0.2) is 17.5 Å². The first-order valence-corrected chi connectivity index (χ1v) is 13.5. The summed E-state index contributed by atoms with van der Waals surface area (Å²) in [6.45, 7) is 8.77. The first-order chi connectivity index (χ1) is 17.5. The predicted molar refractivity (Wildman–Crippen MR) is 133 cm³/mol. The maximum atomic E-state index is 13.6. The summed E-state index contributed by atoms with van der Waals surface area (Å²) in [6.07, 6.45) is -0.213.